The van der Waals surface area contributed by atoms with Gasteiger partial charge < -0.3 is 0 Å². The first kappa shape index (κ1) is 20.0. The highest BCUT2D eigenvalue weighted by atomic mass is 35.5. The van der Waals surface area contributed by atoms with Crippen LogP contribution in [-0.2, 0) is 10.0 Å². The average molecular weight is 380 g/mol. The number of unbranched alkanes of at least 4 members (excludes halogenated alkanes) is 3. The van der Waals surface area contributed by atoms with Crippen LogP contribution in [0.25, 0.3) is 0 Å². The minimum atomic E-state index is -3.36. The standard InChI is InChI=1S/C20H26ClNO2S/c1-2-3-4-5-6-7-8-17-25(23,24)22-15-13-19(14-16-22)18-9-11-20(21)12-10-18/h8-12,17,19H,2-5,13-16H2,1H3. The summed E-state index contributed by atoms with van der Waals surface area (Å²) in [7, 11) is -3.36. The van der Waals surface area contributed by atoms with Crippen LogP contribution in [0.3, 0.4) is 0 Å². The van der Waals surface area contributed by atoms with Gasteiger partial charge in [0, 0.05) is 30.6 Å². The van der Waals surface area contributed by atoms with E-state index >= 15 is 0 Å². The van der Waals surface area contributed by atoms with Crippen LogP contribution in [0.2, 0.25) is 5.02 Å². The molecule has 1 heterocycles. The predicted molar refractivity (Wildman–Crippen MR) is 105 cm³/mol. The first-order valence-electron chi connectivity index (χ1n) is 8.93. The lowest BCUT2D eigenvalue weighted by Crippen LogP contribution is -2.36. The summed E-state index contributed by atoms with van der Waals surface area (Å²) in [6.45, 7) is 3.24. The van der Waals surface area contributed by atoms with Gasteiger partial charge in [-0.15, -0.1) is 0 Å². The summed E-state index contributed by atoms with van der Waals surface area (Å²) >= 11 is 5.92. The molecule has 0 aliphatic carbocycles. The molecule has 2 rings (SSSR count). The van der Waals surface area contributed by atoms with E-state index in [0.717, 1.165) is 37.1 Å². The fourth-order valence-electron chi connectivity index (χ4n) is 2.98. The Balaban J connectivity index is 1.85. The summed E-state index contributed by atoms with van der Waals surface area (Å²) in [4.78, 5) is 0. The van der Waals surface area contributed by atoms with Crippen molar-refractivity contribution in [3.05, 3.63) is 46.3 Å². The maximum atomic E-state index is 12.4. The zero-order chi connectivity index (χ0) is 18.1. The maximum Gasteiger partial charge on any atom is 0.236 e. The van der Waals surface area contributed by atoms with Crippen LogP contribution in [-0.4, -0.2) is 25.8 Å². The number of rotatable bonds is 6. The van der Waals surface area contributed by atoms with Gasteiger partial charge in [-0.05, 0) is 42.9 Å². The lowest BCUT2D eigenvalue weighted by atomic mass is 9.90. The summed E-state index contributed by atoms with van der Waals surface area (Å²) in [6, 6.07) is 7.85. The third-order valence-corrected chi connectivity index (χ3v) is 6.30. The Hall–Kier alpha value is -1.28. The molecule has 3 nitrogen and oxygen atoms in total. The van der Waals surface area contributed by atoms with Crippen molar-refractivity contribution in [3.63, 3.8) is 0 Å². The van der Waals surface area contributed by atoms with Gasteiger partial charge in [0.05, 0.1) is 5.41 Å². The van der Waals surface area contributed by atoms with E-state index in [1.54, 1.807) is 4.31 Å². The summed E-state index contributed by atoms with van der Waals surface area (Å²) in [5.74, 6) is 6.22. The van der Waals surface area contributed by atoms with E-state index in [1.165, 1.54) is 23.5 Å². The van der Waals surface area contributed by atoms with E-state index in [4.69, 9.17) is 11.6 Å². The predicted octanol–water partition coefficient (Wildman–Crippen LogP) is 4.95. The molecule has 1 aliphatic heterocycles. The van der Waals surface area contributed by atoms with Gasteiger partial charge >= 0.3 is 0 Å². The molecule has 0 bridgehead atoms. The molecular weight excluding hydrogens is 354 g/mol. The van der Waals surface area contributed by atoms with Crippen molar-refractivity contribution >= 4 is 21.6 Å². The van der Waals surface area contributed by atoms with Crippen LogP contribution < -0.4 is 0 Å². The highest BCUT2D eigenvalue weighted by Gasteiger charge is 2.26. The third kappa shape index (κ3) is 6.51. The fourth-order valence-corrected chi connectivity index (χ4v) is 4.24. The van der Waals surface area contributed by atoms with Gasteiger partial charge in [0.1, 0.15) is 0 Å². The molecule has 0 unspecified atom stereocenters. The number of halogens is 1. The number of hydrogen-bond acceptors (Lipinski definition) is 2. The van der Waals surface area contributed by atoms with Crippen molar-refractivity contribution in [2.75, 3.05) is 13.1 Å². The topological polar surface area (TPSA) is 37.4 Å². The van der Waals surface area contributed by atoms with Crippen molar-refractivity contribution < 1.29 is 8.42 Å². The smallest absolute Gasteiger partial charge is 0.207 e. The van der Waals surface area contributed by atoms with Gasteiger partial charge in [-0.2, -0.15) is 4.31 Å². The highest BCUT2D eigenvalue weighted by Crippen LogP contribution is 2.30. The number of nitrogens with zero attached hydrogens (tertiary/aromatic N) is 1. The Morgan fingerprint density at radius 3 is 2.52 bits per heavy atom. The third-order valence-electron chi connectivity index (χ3n) is 4.49. The molecule has 1 saturated heterocycles. The van der Waals surface area contributed by atoms with Crippen molar-refractivity contribution in [1.82, 2.24) is 4.31 Å². The van der Waals surface area contributed by atoms with Crippen molar-refractivity contribution in [3.8, 4) is 11.8 Å². The van der Waals surface area contributed by atoms with Gasteiger partial charge in [0.25, 0.3) is 0 Å². The second-order valence-corrected chi connectivity index (χ2v) is 8.61. The van der Waals surface area contributed by atoms with Crippen LogP contribution in [0.1, 0.15) is 56.9 Å². The number of sulfonamides is 1. The number of piperidine rings is 1. The SMILES string of the molecule is CCCCCC#CC=CS(=O)(=O)N1CCC(c2ccc(Cl)cc2)CC1. The van der Waals surface area contributed by atoms with E-state index in [1.807, 2.05) is 24.3 Å². The first-order valence-corrected chi connectivity index (χ1v) is 10.8. The molecule has 0 saturated carbocycles. The average Bonchev–Trinajstić information content (AvgIpc) is 2.62. The maximum absolute atomic E-state index is 12.4. The fraction of sp³-hybridized carbons (Fsp3) is 0.500. The van der Waals surface area contributed by atoms with Gasteiger partial charge in [0.2, 0.25) is 10.0 Å². The van der Waals surface area contributed by atoms with Crippen LogP contribution in [0, 0.1) is 11.8 Å². The summed E-state index contributed by atoms with van der Waals surface area (Å²) in [5.41, 5.74) is 1.23. The molecule has 5 heteroatoms. The van der Waals surface area contributed by atoms with E-state index in [2.05, 4.69) is 18.8 Å². The van der Waals surface area contributed by atoms with Crippen LogP contribution in [0.15, 0.2) is 35.7 Å². The minimum Gasteiger partial charge on any atom is -0.207 e. The van der Waals surface area contributed by atoms with Crippen LogP contribution in [0.4, 0.5) is 0 Å². The zero-order valence-corrected chi connectivity index (χ0v) is 16.3. The van der Waals surface area contributed by atoms with E-state index in [9.17, 15) is 8.42 Å². The molecule has 1 fully saturated rings. The molecule has 0 spiro atoms. The van der Waals surface area contributed by atoms with Crippen molar-refractivity contribution in [2.24, 2.45) is 0 Å². The Morgan fingerprint density at radius 2 is 1.88 bits per heavy atom. The molecule has 1 aliphatic rings. The van der Waals surface area contributed by atoms with E-state index in [0.29, 0.717) is 19.0 Å². The lowest BCUT2D eigenvalue weighted by Gasteiger charge is -2.30. The second-order valence-electron chi connectivity index (χ2n) is 6.35. The molecule has 1 aromatic carbocycles. The Labute approximate surface area is 157 Å². The van der Waals surface area contributed by atoms with E-state index < -0.39 is 10.0 Å². The summed E-state index contributed by atoms with van der Waals surface area (Å²) in [5, 5.41) is 1.97. The van der Waals surface area contributed by atoms with Gasteiger partial charge in [0.15, 0.2) is 0 Å². The first-order chi connectivity index (χ1) is 12.0. The Kier molecular flexibility index (Phi) is 8.02. The molecule has 0 atom stereocenters. The summed E-state index contributed by atoms with van der Waals surface area (Å²) < 4.78 is 26.3. The van der Waals surface area contributed by atoms with Gasteiger partial charge in [-0.25, -0.2) is 8.42 Å². The molecule has 0 amide bonds. The Morgan fingerprint density at radius 1 is 1.20 bits per heavy atom. The van der Waals surface area contributed by atoms with Gasteiger partial charge in [-0.3, -0.25) is 0 Å². The van der Waals surface area contributed by atoms with Gasteiger partial charge in [-0.1, -0.05) is 55.3 Å². The molecule has 0 N–H and O–H groups in total. The van der Waals surface area contributed by atoms with Crippen LogP contribution in [0.5, 0.6) is 0 Å². The second kappa shape index (κ2) is 10.0. The molecule has 25 heavy (non-hydrogen) atoms. The molecule has 136 valence electrons. The zero-order valence-electron chi connectivity index (χ0n) is 14.7. The molecule has 0 radical (unpaired) electrons. The molecule has 0 aromatic heterocycles. The highest BCUT2D eigenvalue weighted by molar-refractivity contribution is 7.92. The number of hydrogen-bond donors (Lipinski definition) is 0. The Bertz CT molecular complexity index is 721. The quantitative estimate of drug-likeness (QED) is 0.518. The lowest BCUT2D eigenvalue weighted by molar-refractivity contribution is 0.322. The normalized spacial score (nSPS) is 16.7. The molecular formula is C20H26ClNO2S. The van der Waals surface area contributed by atoms with E-state index in [-0.39, 0.29) is 0 Å². The largest absolute Gasteiger partial charge is 0.236 e. The monoisotopic (exact) mass is 379 g/mol. The number of benzene rings is 1. The van der Waals surface area contributed by atoms with Crippen LogP contribution >= 0.6 is 11.6 Å². The molecule has 1 aromatic rings. The van der Waals surface area contributed by atoms with Crippen molar-refractivity contribution in [2.45, 2.75) is 51.4 Å². The summed E-state index contributed by atoms with van der Waals surface area (Å²) in [6.07, 6.45) is 7.35. The minimum absolute atomic E-state index is 0.394. The van der Waals surface area contributed by atoms with Crippen molar-refractivity contribution in [1.29, 1.82) is 0 Å². The number of allylic oxidation sites excluding steroid dienone is 1.